The van der Waals surface area contributed by atoms with Crippen molar-refractivity contribution in [1.29, 1.82) is 0 Å². The predicted molar refractivity (Wildman–Crippen MR) is 107 cm³/mol. The summed E-state index contributed by atoms with van der Waals surface area (Å²) in [5, 5.41) is 18.8. The highest BCUT2D eigenvalue weighted by Crippen LogP contribution is 2.34. The molecule has 2 rings (SSSR count). The molecule has 2 aromatic rings. The monoisotopic (exact) mass is 439 g/mol. The zero-order chi connectivity index (χ0) is 23.2. The molecule has 0 fully saturated rings. The molecule has 0 saturated heterocycles. The Morgan fingerprint density at radius 2 is 1.81 bits per heavy atom. The molecule has 3 amide bonds. The number of amides is 3. The number of nitro groups is 1. The first-order chi connectivity index (χ1) is 14.5. The SMILES string of the molecule is CC(NC(=O)CCNc1ccc(C(F)(F)F)cc1[N+](=O)[O-])c1ccc(NC(N)=O)cc1. The standard InChI is InChI=1S/C19H20F3N5O4/c1-11(12-2-5-14(6-3-12)26-18(23)29)25-17(28)8-9-24-15-7-4-13(19(20,21)22)10-16(15)27(30)31/h2-7,10-11,24H,8-9H2,1H3,(H,25,28)(H3,23,26,29). The van der Waals surface area contributed by atoms with E-state index in [1.807, 2.05) is 0 Å². The first-order valence-electron chi connectivity index (χ1n) is 9.02. The normalized spacial score (nSPS) is 12.0. The lowest BCUT2D eigenvalue weighted by Gasteiger charge is -2.15. The van der Waals surface area contributed by atoms with Crippen LogP contribution in [-0.4, -0.2) is 23.4 Å². The van der Waals surface area contributed by atoms with Gasteiger partial charge in [-0.15, -0.1) is 0 Å². The Hall–Kier alpha value is -3.83. The number of rotatable bonds is 8. The summed E-state index contributed by atoms with van der Waals surface area (Å²) in [5.74, 6) is -0.367. The number of hydrogen-bond donors (Lipinski definition) is 4. The minimum atomic E-state index is -4.70. The fourth-order valence-corrected chi connectivity index (χ4v) is 2.71. The van der Waals surface area contributed by atoms with Gasteiger partial charge in [0.25, 0.3) is 5.69 Å². The van der Waals surface area contributed by atoms with Gasteiger partial charge in [0.05, 0.1) is 16.5 Å². The van der Waals surface area contributed by atoms with Crippen molar-refractivity contribution < 1.29 is 27.7 Å². The van der Waals surface area contributed by atoms with E-state index in [4.69, 9.17) is 5.73 Å². The molecule has 2 aromatic carbocycles. The molecule has 0 bridgehead atoms. The maximum Gasteiger partial charge on any atom is 0.416 e. The maximum absolute atomic E-state index is 12.7. The van der Waals surface area contributed by atoms with Gasteiger partial charge in [-0.2, -0.15) is 13.2 Å². The zero-order valence-corrected chi connectivity index (χ0v) is 16.3. The lowest BCUT2D eigenvalue weighted by Crippen LogP contribution is -2.28. The van der Waals surface area contributed by atoms with E-state index in [0.29, 0.717) is 11.8 Å². The zero-order valence-electron chi connectivity index (χ0n) is 16.3. The fourth-order valence-electron chi connectivity index (χ4n) is 2.71. The van der Waals surface area contributed by atoms with Gasteiger partial charge in [0.1, 0.15) is 5.69 Å². The highest BCUT2D eigenvalue weighted by Gasteiger charge is 2.33. The van der Waals surface area contributed by atoms with E-state index in [0.717, 1.165) is 17.7 Å². The molecule has 9 nitrogen and oxygen atoms in total. The van der Waals surface area contributed by atoms with Crippen LogP contribution < -0.4 is 21.7 Å². The van der Waals surface area contributed by atoms with Crippen molar-refractivity contribution in [1.82, 2.24) is 5.32 Å². The molecule has 0 saturated carbocycles. The Morgan fingerprint density at radius 1 is 1.16 bits per heavy atom. The molecule has 1 unspecified atom stereocenters. The number of alkyl halides is 3. The minimum absolute atomic E-state index is 0.0216. The van der Waals surface area contributed by atoms with Crippen LogP contribution in [0.5, 0.6) is 0 Å². The highest BCUT2D eigenvalue weighted by molar-refractivity contribution is 5.87. The number of nitrogens with one attached hydrogen (secondary N) is 3. The Morgan fingerprint density at radius 3 is 2.35 bits per heavy atom. The summed E-state index contributed by atoms with van der Waals surface area (Å²) in [5.41, 5.74) is 4.31. The molecule has 5 N–H and O–H groups in total. The minimum Gasteiger partial charge on any atom is -0.379 e. The number of anilines is 2. The summed E-state index contributed by atoms with van der Waals surface area (Å²) >= 11 is 0. The number of nitrogens with zero attached hydrogens (tertiary/aromatic N) is 1. The largest absolute Gasteiger partial charge is 0.416 e. The summed E-state index contributed by atoms with van der Waals surface area (Å²) in [6.45, 7) is 1.72. The van der Waals surface area contributed by atoms with Gasteiger partial charge in [0.15, 0.2) is 0 Å². The molecule has 1 atom stereocenters. The van der Waals surface area contributed by atoms with Crippen molar-refractivity contribution in [2.24, 2.45) is 5.73 Å². The summed E-state index contributed by atoms with van der Waals surface area (Å²) in [4.78, 5) is 33.1. The Labute approximate surface area is 175 Å². The van der Waals surface area contributed by atoms with E-state index in [-0.39, 0.29) is 30.6 Å². The highest BCUT2D eigenvalue weighted by atomic mass is 19.4. The maximum atomic E-state index is 12.7. The van der Waals surface area contributed by atoms with Crippen LogP contribution in [-0.2, 0) is 11.0 Å². The smallest absolute Gasteiger partial charge is 0.379 e. The molecule has 0 radical (unpaired) electrons. The van der Waals surface area contributed by atoms with Gasteiger partial charge in [-0.1, -0.05) is 12.1 Å². The molecular weight excluding hydrogens is 419 g/mol. The second-order valence-corrected chi connectivity index (χ2v) is 6.56. The fraction of sp³-hybridized carbons (Fsp3) is 0.263. The second-order valence-electron chi connectivity index (χ2n) is 6.56. The average molecular weight is 439 g/mol. The van der Waals surface area contributed by atoms with E-state index in [2.05, 4.69) is 16.0 Å². The van der Waals surface area contributed by atoms with Crippen molar-refractivity contribution in [2.75, 3.05) is 17.2 Å². The lowest BCUT2D eigenvalue weighted by molar-refractivity contribution is -0.384. The first-order valence-corrected chi connectivity index (χ1v) is 9.02. The number of hydrogen-bond acceptors (Lipinski definition) is 5. The molecule has 0 aliphatic rings. The number of nitrogens with two attached hydrogens (primary N) is 1. The second kappa shape index (κ2) is 9.78. The molecule has 12 heteroatoms. The van der Waals surface area contributed by atoms with E-state index in [9.17, 15) is 32.9 Å². The number of nitro benzene ring substituents is 1. The number of carbonyl (C=O) groups is 2. The number of benzene rings is 2. The third-order valence-electron chi connectivity index (χ3n) is 4.24. The van der Waals surface area contributed by atoms with Crippen LogP contribution in [0.1, 0.15) is 30.5 Å². The quantitative estimate of drug-likeness (QED) is 0.366. The van der Waals surface area contributed by atoms with Crippen molar-refractivity contribution in [3.8, 4) is 0 Å². The van der Waals surface area contributed by atoms with Crippen molar-refractivity contribution in [3.05, 3.63) is 63.7 Å². The topological polar surface area (TPSA) is 139 Å². The van der Waals surface area contributed by atoms with Gasteiger partial charge < -0.3 is 21.7 Å². The van der Waals surface area contributed by atoms with E-state index in [1.165, 1.54) is 0 Å². The van der Waals surface area contributed by atoms with Crippen LogP contribution in [0.15, 0.2) is 42.5 Å². The molecule has 0 aliphatic carbocycles. The van der Waals surface area contributed by atoms with Crippen LogP contribution in [0.2, 0.25) is 0 Å². The van der Waals surface area contributed by atoms with E-state index in [1.54, 1.807) is 31.2 Å². The summed E-state index contributed by atoms with van der Waals surface area (Å²) in [7, 11) is 0. The molecular formula is C19H20F3N5O4. The van der Waals surface area contributed by atoms with Gasteiger partial charge >= 0.3 is 12.2 Å². The van der Waals surface area contributed by atoms with Crippen LogP contribution >= 0.6 is 0 Å². The van der Waals surface area contributed by atoms with Crippen LogP contribution in [0, 0.1) is 10.1 Å². The Bertz CT molecular complexity index is 964. The van der Waals surface area contributed by atoms with E-state index >= 15 is 0 Å². The number of carbonyl (C=O) groups excluding carboxylic acids is 2. The molecule has 166 valence electrons. The Kier molecular flexibility index (Phi) is 7.40. The molecule has 0 heterocycles. The van der Waals surface area contributed by atoms with Crippen LogP contribution in [0.4, 0.5) is 35.0 Å². The van der Waals surface area contributed by atoms with Gasteiger partial charge in [-0.25, -0.2) is 4.79 Å². The van der Waals surface area contributed by atoms with Gasteiger partial charge in [0.2, 0.25) is 5.91 Å². The van der Waals surface area contributed by atoms with Crippen molar-refractivity contribution in [3.63, 3.8) is 0 Å². The van der Waals surface area contributed by atoms with Gasteiger partial charge in [-0.05, 0) is 36.8 Å². The first kappa shape index (κ1) is 23.4. The number of halogens is 3. The molecule has 31 heavy (non-hydrogen) atoms. The van der Waals surface area contributed by atoms with Crippen molar-refractivity contribution in [2.45, 2.75) is 25.6 Å². The third-order valence-corrected chi connectivity index (χ3v) is 4.24. The summed E-state index contributed by atoms with van der Waals surface area (Å²) in [6, 6.07) is 7.70. The number of primary amides is 1. The molecule has 0 aliphatic heterocycles. The predicted octanol–water partition coefficient (Wildman–Crippen LogP) is 3.78. The number of urea groups is 1. The van der Waals surface area contributed by atoms with Crippen LogP contribution in [0.3, 0.4) is 0 Å². The molecule has 0 aromatic heterocycles. The van der Waals surface area contributed by atoms with E-state index < -0.39 is 28.4 Å². The summed E-state index contributed by atoms with van der Waals surface area (Å²) < 4.78 is 38.2. The average Bonchev–Trinajstić information content (AvgIpc) is 2.67. The lowest BCUT2D eigenvalue weighted by atomic mass is 10.1. The third kappa shape index (κ3) is 6.87. The van der Waals surface area contributed by atoms with Crippen molar-refractivity contribution >= 4 is 29.0 Å². The van der Waals surface area contributed by atoms with Crippen LogP contribution in [0.25, 0.3) is 0 Å². The Balaban J connectivity index is 1.91. The molecule has 0 spiro atoms. The van der Waals surface area contributed by atoms with Gasteiger partial charge in [-0.3, -0.25) is 14.9 Å². The summed E-state index contributed by atoms with van der Waals surface area (Å²) in [6.07, 6.45) is -4.77. The van der Waals surface area contributed by atoms with Gasteiger partial charge in [0, 0.05) is 24.7 Å².